The standard InChI is InChI=1S/C14H18F2N2O/c15-12-5-4-9(6-13(12)16)8-18-14(19)11-3-1-2-10(11)7-17/h4-6,10-11H,1-3,7-8,17H2,(H,18,19). The molecule has 1 aliphatic rings. The van der Waals surface area contributed by atoms with Crippen LogP contribution < -0.4 is 11.1 Å². The van der Waals surface area contributed by atoms with Gasteiger partial charge < -0.3 is 11.1 Å². The van der Waals surface area contributed by atoms with Crippen LogP contribution in [0.25, 0.3) is 0 Å². The molecule has 0 aromatic heterocycles. The summed E-state index contributed by atoms with van der Waals surface area (Å²) in [5, 5.41) is 2.77. The zero-order valence-corrected chi connectivity index (χ0v) is 10.7. The van der Waals surface area contributed by atoms with Gasteiger partial charge in [-0.3, -0.25) is 4.79 Å². The number of amides is 1. The minimum atomic E-state index is -0.896. The number of carbonyl (C=O) groups is 1. The maximum absolute atomic E-state index is 13.0. The molecule has 3 nitrogen and oxygen atoms in total. The Kier molecular flexibility index (Phi) is 4.47. The second kappa shape index (κ2) is 6.10. The molecule has 0 bridgehead atoms. The van der Waals surface area contributed by atoms with E-state index in [1.54, 1.807) is 0 Å². The number of carbonyl (C=O) groups excluding carboxylic acids is 1. The summed E-state index contributed by atoms with van der Waals surface area (Å²) in [4.78, 5) is 12.0. The highest BCUT2D eigenvalue weighted by molar-refractivity contribution is 5.79. The quantitative estimate of drug-likeness (QED) is 0.877. The molecule has 1 fully saturated rings. The van der Waals surface area contributed by atoms with Crippen molar-refractivity contribution in [2.75, 3.05) is 6.54 Å². The Hall–Kier alpha value is -1.49. The summed E-state index contributed by atoms with van der Waals surface area (Å²) in [6, 6.07) is 3.63. The predicted octanol–water partition coefficient (Wildman–Crippen LogP) is 1.96. The maximum atomic E-state index is 13.0. The molecular formula is C14H18F2N2O. The Morgan fingerprint density at radius 3 is 2.79 bits per heavy atom. The van der Waals surface area contributed by atoms with E-state index < -0.39 is 11.6 Å². The zero-order valence-electron chi connectivity index (χ0n) is 10.7. The Balaban J connectivity index is 1.91. The lowest BCUT2D eigenvalue weighted by Gasteiger charge is -2.17. The summed E-state index contributed by atoms with van der Waals surface area (Å²) in [7, 11) is 0. The molecule has 0 saturated heterocycles. The van der Waals surface area contributed by atoms with Gasteiger partial charge in [0.2, 0.25) is 5.91 Å². The first kappa shape index (κ1) is 13.9. The molecule has 1 aromatic rings. The molecule has 1 aliphatic carbocycles. The Bertz CT molecular complexity index is 465. The molecule has 0 spiro atoms. The first-order valence-electron chi connectivity index (χ1n) is 6.53. The molecular weight excluding hydrogens is 250 g/mol. The van der Waals surface area contributed by atoms with Crippen molar-refractivity contribution in [3.8, 4) is 0 Å². The number of halogens is 2. The lowest BCUT2D eigenvalue weighted by Crippen LogP contribution is -2.34. The first-order valence-corrected chi connectivity index (χ1v) is 6.53. The van der Waals surface area contributed by atoms with Crippen LogP contribution in [0.2, 0.25) is 0 Å². The minimum Gasteiger partial charge on any atom is -0.352 e. The van der Waals surface area contributed by atoms with Crippen LogP contribution in [0.3, 0.4) is 0 Å². The van der Waals surface area contributed by atoms with Crippen LogP contribution in [0.1, 0.15) is 24.8 Å². The van der Waals surface area contributed by atoms with Gasteiger partial charge in [0, 0.05) is 12.5 Å². The summed E-state index contributed by atoms with van der Waals surface area (Å²) in [5.41, 5.74) is 6.19. The molecule has 0 aliphatic heterocycles. The monoisotopic (exact) mass is 268 g/mol. The molecule has 5 heteroatoms. The van der Waals surface area contributed by atoms with Crippen LogP contribution >= 0.6 is 0 Å². The van der Waals surface area contributed by atoms with E-state index >= 15 is 0 Å². The molecule has 1 saturated carbocycles. The summed E-state index contributed by atoms with van der Waals surface area (Å²) in [6.45, 7) is 0.729. The van der Waals surface area contributed by atoms with E-state index in [-0.39, 0.29) is 24.3 Å². The van der Waals surface area contributed by atoms with Crippen LogP contribution in [0.15, 0.2) is 18.2 Å². The van der Waals surface area contributed by atoms with Crippen molar-refractivity contribution in [3.05, 3.63) is 35.4 Å². The maximum Gasteiger partial charge on any atom is 0.223 e. The smallest absolute Gasteiger partial charge is 0.223 e. The third-order valence-corrected chi connectivity index (χ3v) is 3.75. The second-order valence-electron chi connectivity index (χ2n) is 5.00. The molecule has 19 heavy (non-hydrogen) atoms. The molecule has 104 valence electrons. The topological polar surface area (TPSA) is 55.1 Å². The average molecular weight is 268 g/mol. The Morgan fingerprint density at radius 2 is 2.11 bits per heavy atom. The third kappa shape index (κ3) is 3.29. The highest BCUT2D eigenvalue weighted by atomic mass is 19.2. The van der Waals surface area contributed by atoms with Crippen molar-refractivity contribution in [1.82, 2.24) is 5.32 Å². The van der Waals surface area contributed by atoms with Gasteiger partial charge in [0.05, 0.1) is 0 Å². The fourth-order valence-corrected chi connectivity index (χ4v) is 2.63. The predicted molar refractivity (Wildman–Crippen MR) is 68.1 cm³/mol. The van der Waals surface area contributed by atoms with E-state index in [1.807, 2.05) is 0 Å². The number of rotatable bonds is 4. The highest BCUT2D eigenvalue weighted by Gasteiger charge is 2.31. The highest BCUT2D eigenvalue weighted by Crippen LogP contribution is 2.30. The van der Waals surface area contributed by atoms with Crippen LogP contribution in [0, 0.1) is 23.5 Å². The van der Waals surface area contributed by atoms with Gasteiger partial charge in [0.25, 0.3) is 0 Å². The van der Waals surface area contributed by atoms with E-state index in [2.05, 4.69) is 5.32 Å². The molecule has 1 aromatic carbocycles. The number of nitrogens with two attached hydrogens (primary N) is 1. The van der Waals surface area contributed by atoms with Crippen molar-refractivity contribution in [2.24, 2.45) is 17.6 Å². The van der Waals surface area contributed by atoms with Gasteiger partial charge in [-0.2, -0.15) is 0 Å². The van der Waals surface area contributed by atoms with Gasteiger partial charge in [-0.25, -0.2) is 8.78 Å². The number of nitrogens with one attached hydrogen (secondary N) is 1. The summed E-state index contributed by atoms with van der Waals surface area (Å²) in [5.74, 6) is -1.63. The van der Waals surface area contributed by atoms with Gasteiger partial charge in [-0.05, 0) is 43.0 Å². The number of hydrogen-bond acceptors (Lipinski definition) is 2. The number of hydrogen-bond donors (Lipinski definition) is 2. The van der Waals surface area contributed by atoms with Gasteiger partial charge >= 0.3 is 0 Å². The average Bonchev–Trinajstić information content (AvgIpc) is 2.88. The van der Waals surface area contributed by atoms with Crippen molar-refractivity contribution >= 4 is 5.91 Å². The van der Waals surface area contributed by atoms with Crippen LogP contribution in [0.5, 0.6) is 0 Å². The lowest BCUT2D eigenvalue weighted by atomic mass is 9.95. The van der Waals surface area contributed by atoms with Crippen LogP contribution in [0.4, 0.5) is 8.78 Å². The first-order chi connectivity index (χ1) is 9.11. The van der Waals surface area contributed by atoms with Crippen molar-refractivity contribution < 1.29 is 13.6 Å². The van der Waals surface area contributed by atoms with Gasteiger partial charge in [-0.1, -0.05) is 12.5 Å². The SMILES string of the molecule is NCC1CCCC1C(=O)NCc1ccc(F)c(F)c1. The lowest BCUT2D eigenvalue weighted by molar-refractivity contribution is -0.126. The fourth-order valence-electron chi connectivity index (χ4n) is 2.63. The van der Waals surface area contributed by atoms with Gasteiger partial charge in [0.15, 0.2) is 11.6 Å². The van der Waals surface area contributed by atoms with Gasteiger partial charge in [-0.15, -0.1) is 0 Å². The van der Waals surface area contributed by atoms with E-state index in [0.29, 0.717) is 12.1 Å². The third-order valence-electron chi connectivity index (χ3n) is 3.75. The molecule has 0 radical (unpaired) electrons. The number of benzene rings is 1. The largest absolute Gasteiger partial charge is 0.352 e. The molecule has 0 heterocycles. The van der Waals surface area contributed by atoms with E-state index in [0.717, 1.165) is 31.4 Å². The Morgan fingerprint density at radius 1 is 1.32 bits per heavy atom. The van der Waals surface area contributed by atoms with Crippen molar-refractivity contribution in [3.63, 3.8) is 0 Å². The molecule has 3 N–H and O–H groups in total. The fraction of sp³-hybridized carbons (Fsp3) is 0.500. The van der Waals surface area contributed by atoms with E-state index in [4.69, 9.17) is 5.73 Å². The molecule has 2 unspecified atom stereocenters. The second-order valence-corrected chi connectivity index (χ2v) is 5.00. The van der Waals surface area contributed by atoms with E-state index in [1.165, 1.54) is 6.07 Å². The zero-order chi connectivity index (χ0) is 13.8. The normalized spacial score (nSPS) is 22.5. The molecule has 2 atom stereocenters. The Labute approximate surface area is 111 Å². The van der Waals surface area contributed by atoms with Crippen molar-refractivity contribution in [2.45, 2.75) is 25.8 Å². The van der Waals surface area contributed by atoms with Crippen molar-refractivity contribution in [1.29, 1.82) is 0 Å². The van der Waals surface area contributed by atoms with Crippen LogP contribution in [-0.4, -0.2) is 12.5 Å². The minimum absolute atomic E-state index is 0.0438. The summed E-state index contributed by atoms with van der Waals surface area (Å²) < 4.78 is 25.8. The molecule has 1 amide bonds. The van der Waals surface area contributed by atoms with E-state index in [9.17, 15) is 13.6 Å². The van der Waals surface area contributed by atoms with Crippen LogP contribution in [-0.2, 0) is 11.3 Å². The molecule has 2 rings (SSSR count). The summed E-state index contributed by atoms with van der Waals surface area (Å²) >= 11 is 0. The summed E-state index contributed by atoms with van der Waals surface area (Å²) in [6.07, 6.45) is 2.86. The van der Waals surface area contributed by atoms with Gasteiger partial charge in [0.1, 0.15) is 0 Å².